The monoisotopic (exact) mass is 432 g/mol. The Morgan fingerprint density at radius 1 is 1.03 bits per heavy atom. The van der Waals surface area contributed by atoms with Crippen molar-refractivity contribution >= 4 is 15.9 Å². The number of nitrogens with zero attached hydrogens (tertiary/aromatic N) is 1. The third kappa shape index (κ3) is 5.52. The number of nitrogens with one attached hydrogen (secondary N) is 1. The van der Waals surface area contributed by atoms with E-state index in [4.69, 9.17) is 9.47 Å². The Morgan fingerprint density at radius 3 is 2.20 bits per heavy atom. The molecule has 1 fully saturated rings. The number of carbonyl (C=O) groups is 1. The summed E-state index contributed by atoms with van der Waals surface area (Å²) in [6.07, 6.45) is 1.46. The normalized spacial score (nSPS) is 15.5. The molecule has 7 nitrogen and oxygen atoms in total. The smallest absolute Gasteiger partial charge is 0.243 e. The molecular weight excluding hydrogens is 404 g/mol. The second-order valence-corrected chi connectivity index (χ2v) is 9.11. The largest absolute Gasteiger partial charge is 0.497 e. The summed E-state index contributed by atoms with van der Waals surface area (Å²) in [5.74, 6) is 1.34. The summed E-state index contributed by atoms with van der Waals surface area (Å²) in [6, 6.07) is 13.8. The van der Waals surface area contributed by atoms with E-state index < -0.39 is 10.0 Å². The minimum atomic E-state index is -3.55. The van der Waals surface area contributed by atoms with Crippen LogP contribution in [0.25, 0.3) is 0 Å². The maximum Gasteiger partial charge on any atom is 0.243 e. The summed E-state index contributed by atoms with van der Waals surface area (Å²) < 4.78 is 37.7. The molecule has 0 radical (unpaired) electrons. The molecule has 30 heavy (non-hydrogen) atoms. The van der Waals surface area contributed by atoms with Gasteiger partial charge in [-0.15, -0.1) is 0 Å². The van der Waals surface area contributed by atoms with Crippen LogP contribution in [0, 0.1) is 0 Å². The van der Waals surface area contributed by atoms with Gasteiger partial charge in [0.25, 0.3) is 0 Å². The number of amides is 1. The van der Waals surface area contributed by atoms with E-state index in [0.717, 1.165) is 11.3 Å². The summed E-state index contributed by atoms with van der Waals surface area (Å²) in [6.45, 7) is 3.17. The summed E-state index contributed by atoms with van der Waals surface area (Å²) in [5.41, 5.74) is 0.906. The van der Waals surface area contributed by atoms with Crippen LogP contribution in [0.5, 0.6) is 11.5 Å². The van der Waals surface area contributed by atoms with Crippen LogP contribution in [0.3, 0.4) is 0 Å². The number of hydrogen-bond acceptors (Lipinski definition) is 5. The van der Waals surface area contributed by atoms with Crippen LogP contribution in [-0.2, 0) is 21.2 Å². The summed E-state index contributed by atoms with van der Waals surface area (Å²) >= 11 is 0. The molecule has 2 aromatic rings. The molecule has 1 aliphatic heterocycles. The average Bonchev–Trinajstić information content (AvgIpc) is 2.75. The standard InChI is InChI=1S/C22H28N2O5S/c1-3-29-20-8-10-21(11-9-20)30(26,27)24-14-12-18(13-15-24)23-22(25)16-17-4-6-19(28-2)7-5-17/h4-11,18H,3,12-16H2,1-2H3,(H,23,25). The summed E-state index contributed by atoms with van der Waals surface area (Å²) in [5, 5.41) is 3.02. The Balaban J connectivity index is 1.51. The SMILES string of the molecule is CCOc1ccc(S(=O)(=O)N2CCC(NC(=O)Cc3ccc(OC)cc3)CC2)cc1. The van der Waals surface area contributed by atoms with Gasteiger partial charge in [0, 0.05) is 19.1 Å². The molecule has 1 saturated heterocycles. The highest BCUT2D eigenvalue weighted by Gasteiger charge is 2.30. The first-order valence-corrected chi connectivity index (χ1v) is 11.5. The molecule has 8 heteroatoms. The van der Waals surface area contributed by atoms with Crippen molar-refractivity contribution < 1.29 is 22.7 Å². The maximum atomic E-state index is 12.9. The van der Waals surface area contributed by atoms with Crippen LogP contribution in [0.15, 0.2) is 53.4 Å². The Kier molecular flexibility index (Phi) is 7.33. The first-order chi connectivity index (χ1) is 14.4. The molecule has 0 aliphatic carbocycles. The lowest BCUT2D eigenvalue weighted by Gasteiger charge is -2.31. The lowest BCUT2D eigenvalue weighted by molar-refractivity contribution is -0.121. The highest BCUT2D eigenvalue weighted by atomic mass is 32.2. The molecular formula is C22H28N2O5S. The van der Waals surface area contributed by atoms with Gasteiger partial charge in [-0.2, -0.15) is 4.31 Å². The van der Waals surface area contributed by atoms with E-state index in [0.29, 0.717) is 38.3 Å². The van der Waals surface area contributed by atoms with Crippen molar-refractivity contribution in [3.63, 3.8) is 0 Å². The van der Waals surface area contributed by atoms with Crippen molar-refractivity contribution in [2.75, 3.05) is 26.8 Å². The number of rotatable bonds is 8. The number of sulfonamides is 1. The van der Waals surface area contributed by atoms with Crippen LogP contribution < -0.4 is 14.8 Å². The number of ether oxygens (including phenoxy) is 2. The second kappa shape index (κ2) is 9.95. The molecule has 2 aromatic carbocycles. The molecule has 0 saturated carbocycles. The van der Waals surface area contributed by atoms with Crippen molar-refractivity contribution in [3.05, 3.63) is 54.1 Å². The molecule has 162 valence electrons. The Labute approximate surface area is 178 Å². The predicted molar refractivity (Wildman–Crippen MR) is 114 cm³/mol. The van der Waals surface area contributed by atoms with E-state index in [1.54, 1.807) is 31.4 Å². The molecule has 0 aromatic heterocycles. The lowest BCUT2D eigenvalue weighted by Crippen LogP contribution is -2.46. The zero-order chi connectivity index (χ0) is 21.6. The number of carbonyl (C=O) groups excluding carboxylic acids is 1. The van der Waals surface area contributed by atoms with Crippen molar-refractivity contribution in [3.8, 4) is 11.5 Å². The van der Waals surface area contributed by atoms with Crippen molar-refractivity contribution in [1.82, 2.24) is 9.62 Å². The van der Waals surface area contributed by atoms with E-state index in [1.807, 2.05) is 31.2 Å². The van der Waals surface area contributed by atoms with E-state index in [-0.39, 0.29) is 23.3 Å². The highest BCUT2D eigenvalue weighted by molar-refractivity contribution is 7.89. The van der Waals surface area contributed by atoms with Gasteiger partial charge < -0.3 is 14.8 Å². The molecule has 0 spiro atoms. The van der Waals surface area contributed by atoms with Gasteiger partial charge in [-0.25, -0.2) is 8.42 Å². The van der Waals surface area contributed by atoms with Gasteiger partial charge in [-0.3, -0.25) is 4.79 Å². The maximum absolute atomic E-state index is 12.9. The second-order valence-electron chi connectivity index (χ2n) is 7.18. The Bertz CT molecular complexity index is 934. The van der Waals surface area contributed by atoms with Crippen LogP contribution in [-0.4, -0.2) is 51.5 Å². The first-order valence-electron chi connectivity index (χ1n) is 10.1. The van der Waals surface area contributed by atoms with Gasteiger partial charge in [0.2, 0.25) is 15.9 Å². The van der Waals surface area contributed by atoms with Gasteiger partial charge in [-0.05, 0) is 61.7 Å². The zero-order valence-corrected chi connectivity index (χ0v) is 18.2. The Hall–Kier alpha value is -2.58. The van der Waals surface area contributed by atoms with Crippen LogP contribution >= 0.6 is 0 Å². The fraction of sp³-hybridized carbons (Fsp3) is 0.409. The minimum absolute atomic E-state index is 0.0254. The third-order valence-corrected chi connectivity index (χ3v) is 7.03. The van der Waals surface area contributed by atoms with Crippen molar-refractivity contribution in [2.24, 2.45) is 0 Å². The molecule has 1 amide bonds. The van der Waals surface area contributed by atoms with E-state index >= 15 is 0 Å². The molecule has 1 aliphatic rings. The minimum Gasteiger partial charge on any atom is -0.497 e. The van der Waals surface area contributed by atoms with Gasteiger partial charge in [-0.1, -0.05) is 12.1 Å². The number of hydrogen-bond donors (Lipinski definition) is 1. The van der Waals surface area contributed by atoms with Gasteiger partial charge in [0.1, 0.15) is 11.5 Å². The van der Waals surface area contributed by atoms with Crippen LogP contribution in [0.4, 0.5) is 0 Å². The van der Waals surface area contributed by atoms with Gasteiger partial charge in [0.15, 0.2) is 0 Å². The Morgan fingerprint density at radius 2 is 1.63 bits per heavy atom. The topological polar surface area (TPSA) is 84.9 Å². The molecule has 0 bridgehead atoms. The predicted octanol–water partition coefficient (Wildman–Crippen LogP) is 2.61. The molecule has 1 heterocycles. The average molecular weight is 433 g/mol. The fourth-order valence-corrected chi connectivity index (χ4v) is 4.94. The van der Waals surface area contributed by atoms with Gasteiger partial charge in [0.05, 0.1) is 25.0 Å². The number of benzene rings is 2. The first kappa shape index (κ1) is 22.1. The van der Waals surface area contributed by atoms with Crippen LogP contribution in [0.2, 0.25) is 0 Å². The third-order valence-electron chi connectivity index (χ3n) is 5.12. The zero-order valence-electron chi connectivity index (χ0n) is 17.3. The highest BCUT2D eigenvalue weighted by Crippen LogP contribution is 2.23. The molecule has 0 unspecified atom stereocenters. The lowest BCUT2D eigenvalue weighted by atomic mass is 10.1. The van der Waals surface area contributed by atoms with Crippen LogP contribution in [0.1, 0.15) is 25.3 Å². The molecule has 3 rings (SSSR count). The quantitative estimate of drug-likeness (QED) is 0.693. The van der Waals surface area contributed by atoms with E-state index in [9.17, 15) is 13.2 Å². The molecule has 1 N–H and O–H groups in total. The number of methoxy groups -OCH3 is 1. The van der Waals surface area contributed by atoms with E-state index in [2.05, 4.69) is 5.32 Å². The van der Waals surface area contributed by atoms with E-state index in [1.165, 1.54) is 4.31 Å². The number of piperidine rings is 1. The summed E-state index contributed by atoms with van der Waals surface area (Å²) in [7, 11) is -1.95. The fourth-order valence-electron chi connectivity index (χ4n) is 3.47. The van der Waals surface area contributed by atoms with Crippen molar-refractivity contribution in [2.45, 2.75) is 37.1 Å². The summed E-state index contributed by atoms with van der Waals surface area (Å²) in [4.78, 5) is 12.6. The van der Waals surface area contributed by atoms with Gasteiger partial charge >= 0.3 is 0 Å². The molecule has 0 atom stereocenters. The van der Waals surface area contributed by atoms with Crippen molar-refractivity contribution in [1.29, 1.82) is 0 Å².